The van der Waals surface area contributed by atoms with Gasteiger partial charge in [0.1, 0.15) is 5.75 Å². The van der Waals surface area contributed by atoms with Crippen LogP contribution < -0.4 is 10.5 Å². The molecule has 1 atom stereocenters. The van der Waals surface area contributed by atoms with Gasteiger partial charge < -0.3 is 15.6 Å². The molecule has 1 aromatic rings. The van der Waals surface area contributed by atoms with Gasteiger partial charge in [-0.1, -0.05) is 22.0 Å². The fourth-order valence-electron chi connectivity index (χ4n) is 1.46. The van der Waals surface area contributed by atoms with E-state index in [1.165, 1.54) is 0 Å². The van der Waals surface area contributed by atoms with E-state index in [1.54, 1.807) is 7.11 Å². The van der Waals surface area contributed by atoms with Crippen LogP contribution in [0.25, 0.3) is 0 Å². The Morgan fingerprint density at radius 3 is 2.75 bits per heavy atom. The number of halogens is 2. The summed E-state index contributed by atoms with van der Waals surface area (Å²) in [5.74, 6) is 0.787. The van der Waals surface area contributed by atoms with Crippen LogP contribution in [0.2, 0.25) is 0 Å². The van der Waals surface area contributed by atoms with Crippen LogP contribution in [0.15, 0.2) is 22.7 Å². The van der Waals surface area contributed by atoms with Gasteiger partial charge in [-0.3, -0.25) is 0 Å². The maximum atomic E-state index is 8.74. The van der Waals surface area contributed by atoms with Gasteiger partial charge in [0.15, 0.2) is 0 Å². The highest BCUT2D eigenvalue weighted by Crippen LogP contribution is 2.29. The normalized spacial score (nSPS) is 11.8. The third-order valence-corrected chi connectivity index (χ3v) is 2.76. The summed E-state index contributed by atoms with van der Waals surface area (Å²) in [4.78, 5) is 0. The van der Waals surface area contributed by atoms with Crippen LogP contribution in [-0.2, 0) is 0 Å². The zero-order valence-corrected chi connectivity index (χ0v) is 11.6. The van der Waals surface area contributed by atoms with Crippen molar-refractivity contribution in [3.8, 4) is 5.75 Å². The van der Waals surface area contributed by atoms with Gasteiger partial charge in [-0.15, -0.1) is 12.4 Å². The zero-order valence-electron chi connectivity index (χ0n) is 9.15. The number of hydrogen-bond acceptors (Lipinski definition) is 3. The lowest BCUT2D eigenvalue weighted by Gasteiger charge is -2.15. The highest BCUT2D eigenvalue weighted by molar-refractivity contribution is 9.10. The Labute approximate surface area is 111 Å². The van der Waals surface area contributed by atoms with E-state index in [9.17, 15) is 0 Å². The molecule has 1 aromatic carbocycles. The first kappa shape index (κ1) is 15.7. The molecule has 1 rings (SSSR count). The Kier molecular flexibility index (Phi) is 7.76. The molecular formula is C11H17BrClNO2. The maximum Gasteiger partial charge on any atom is 0.124 e. The van der Waals surface area contributed by atoms with Crippen molar-refractivity contribution in [3.63, 3.8) is 0 Å². The van der Waals surface area contributed by atoms with Gasteiger partial charge in [-0.2, -0.15) is 0 Å². The predicted octanol–water partition coefficient (Wildman–Crippen LogP) is 2.65. The molecule has 0 unspecified atom stereocenters. The molecule has 0 saturated carbocycles. The fourth-order valence-corrected chi connectivity index (χ4v) is 1.80. The molecule has 0 spiro atoms. The van der Waals surface area contributed by atoms with Gasteiger partial charge in [0.05, 0.1) is 7.11 Å². The van der Waals surface area contributed by atoms with Gasteiger partial charge >= 0.3 is 0 Å². The number of rotatable bonds is 5. The average molecular weight is 311 g/mol. The number of aliphatic hydroxyl groups is 1. The Hall–Kier alpha value is -0.290. The molecule has 3 nitrogen and oxygen atoms in total. The van der Waals surface area contributed by atoms with Gasteiger partial charge in [0.2, 0.25) is 0 Å². The number of nitrogens with two attached hydrogens (primary N) is 1. The van der Waals surface area contributed by atoms with E-state index in [1.807, 2.05) is 18.2 Å². The molecule has 0 fully saturated rings. The third-order valence-electron chi connectivity index (χ3n) is 2.27. The SMILES string of the molecule is COc1cc(Br)ccc1[C@@H](N)CCCO.Cl. The van der Waals surface area contributed by atoms with Crippen molar-refractivity contribution in [2.24, 2.45) is 5.73 Å². The minimum absolute atomic E-state index is 0. The summed E-state index contributed by atoms with van der Waals surface area (Å²) >= 11 is 3.38. The van der Waals surface area contributed by atoms with Gasteiger partial charge in [0, 0.05) is 22.7 Å². The van der Waals surface area contributed by atoms with E-state index >= 15 is 0 Å². The Morgan fingerprint density at radius 1 is 1.50 bits per heavy atom. The van der Waals surface area contributed by atoms with Crippen molar-refractivity contribution >= 4 is 28.3 Å². The second-order valence-corrected chi connectivity index (χ2v) is 4.27. The van der Waals surface area contributed by atoms with Crippen LogP contribution in [0.5, 0.6) is 5.75 Å². The van der Waals surface area contributed by atoms with Gasteiger partial charge in [-0.25, -0.2) is 0 Å². The van der Waals surface area contributed by atoms with E-state index in [4.69, 9.17) is 15.6 Å². The summed E-state index contributed by atoms with van der Waals surface area (Å²) < 4.78 is 6.22. The third kappa shape index (κ3) is 4.29. The first-order chi connectivity index (χ1) is 7.19. The number of ether oxygens (including phenoxy) is 1. The lowest BCUT2D eigenvalue weighted by molar-refractivity contribution is 0.279. The van der Waals surface area contributed by atoms with E-state index in [2.05, 4.69) is 15.9 Å². The average Bonchev–Trinajstić information content (AvgIpc) is 2.25. The quantitative estimate of drug-likeness (QED) is 0.879. The van der Waals surface area contributed by atoms with E-state index < -0.39 is 0 Å². The molecular weight excluding hydrogens is 293 g/mol. The largest absolute Gasteiger partial charge is 0.496 e. The predicted molar refractivity (Wildman–Crippen MR) is 71.2 cm³/mol. The summed E-state index contributed by atoms with van der Waals surface area (Å²) in [5, 5.41) is 8.74. The minimum atomic E-state index is -0.0831. The van der Waals surface area contributed by atoms with E-state index in [0.29, 0.717) is 6.42 Å². The van der Waals surface area contributed by atoms with Crippen molar-refractivity contribution in [3.05, 3.63) is 28.2 Å². The summed E-state index contributed by atoms with van der Waals surface area (Å²) in [5.41, 5.74) is 6.98. The van der Waals surface area contributed by atoms with Gasteiger partial charge in [-0.05, 0) is 25.0 Å². The van der Waals surface area contributed by atoms with Crippen LogP contribution in [0.3, 0.4) is 0 Å². The monoisotopic (exact) mass is 309 g/mol. The molecule has 0 saturated heterocycles. The molecule has 0 aliphatic carbocycles. The molecule has 0 bridgehead atoms. The molecule has 5 heteroatoms. The second kappa shape index (κ2) is 7.90. The number of hydrogen-bond donors (Lipinski definition) is 2. The van der Waals surface area contributed by atoms with Crippen LogP contribution in [0, 0.1) is 0 Å². The van der Waals surface area contributed by atoms with Crippen molar-refractivity contribution in [2.75, 3.05) is 13.7 Å². The highest BCUT2D eigenvalue weighted by Gasteiger charge is 2.11. The van der Waals surface area contributed by atoms with Crippen molar-refractivity contribution in [1.29, 1.82) is 0 Å². The molecule has 0 aromatic heterocycles. The van der Waals surface area contributed by atoms with Gasteiger partial charge in [0.25, 0.3) is 0 Å². The first-order valence-electron chi connectivity index (χ1n) is 4.89. The summed E-state index contributed by atoms with van der Waals surface area (Å²) in [6.07, 6.45) is 1.47. The first-order valence-corrected chi connectivity index (χ1v) is 5.68. The van der Waals surface area contributed by atoms with Crippen molar-refractivity contribution < 1.29 is 9.84 Å². The summed E-state index contributed by atoms with van der Waals surface area (Å²) in [6.45, 7) is 0.173. The van der Waals surface area contributed by atoms with Crippen molar-refractivity contribution in [2.45, 2.75) is 18.9 Å². The smallest absolute Gasteiger partial charge is 0.124 e. The van der Waals surface area contributed by atoms with Crippen LogP contribution in [0.1, 0.15) is 24.4 Å². The maximum absolute atomic E-state index is 8.74. The second-order valence-electron chi connectivity index (χ2n) is 3.36. The minimum Gasteiger partial charge on any atom is -0.496 e. The lowest BCUT2D eigenvalue weighted by Crippen LogP contribution is -2.12. The fraction of sp³-hybridized carbons (Fsp3) is 0.455. The van der Waals surface area contributed by atoms with E-state index in [0.717, 1.165) is 22.2 Å². The van der Waals surface area contributed by atoms with Crippen molar-refractivity contribution in [1.82, 2.24) is 0 Å². The van der Waals surface area contributed by atoms with Crippen LogP contribution in [-0.4, -0.2) is 18.8 Å². The number of aliphatic hydroxyl groups excluding tert-OH is 1. The summed E-state index contributed by atoms with van der Waals surface area (Å²) in [7, 11) is 1.63. The Balaban J connectivity index is 0.00000225. The Bertz CT molecular complexity index is 323. The molecule has 3 N–H and O–H groups in total. The molecule has 0 radical (unpaired) electrons. The Morgan fingerprint density at radius 2 is 2.19 bits per heavy atom. The molecule has 0 amide bonds. The topological polar surface area (TPSA) is 55.5 Å². The van der Waals surface area contributed by atoms with Crippen LogP contribution in [0.4, 0.5) is 0 Å². The standard InChI is InChI=1S/C11H16BrNO2.ClH/c1-15-11-7-8(12)4-5-9(11)10(13)3-2-6-14;/h4-5,7,10,14H,2-3,6,13H2,1H3;1H/t10-;/m0./s1. The highest BCUT2D eigenvalue weighted by atomic mass is 79.9. The number of benzene rings is 1. The molecule has 0 aliphatic heterocycles. The molecule has 0 aliphatic rings. The summed E-state index contributed by atoms with van der Waals surface area (Å²) in [6, 6.07) is 5.70. The number of methoxy groups -OCH3 is 1. The molecule has 92 valence electrons. The zero-order chi connectivity index (χ0) is 11.3. The lowest BCUT2D eigenvalue weighted by atomic mass is 10.0. The van der Waals surface area contributed by atoms with Crippen LogP contribution >= 0.6 is 28.3 Å². The van der Waals surface area contributed by atoms with E-state index in [-0.39, 0.29) is 25.1 Å². The molecule has 16 heavy (non-hydrogen) atoms. The molecule has 0 heterocycles.